The molecule has 3 fully saturated rings. The van der Waals surface area contributed by atoms with Gasteiger partial charge in [-0.25, -0.2) is 19.0 Å². The van der Waals surface area contributed by atoms with Crippen LogP contribution in [0.25, 0.3) is 0 Å². The lowest BCUT2D eigenvalue weighted by molar-refractivity contribution is -0.146. The van der Waals surface area contributed by atoms with Gasteiger partial charge in [0.1, 0.15) is 17.9 Å². The van der Waals surface area contributed by atoms with E-state index in [-0.39, 0.29) is 47.3 Å². The Kier molecular flexibility index (Phi) is 9.33. The number of carbonyl (C=O) groups is 3. The minimum Gasteiger partial charge on any atom is -0.478 e. The monoisotopic (exact) mass is 673 g/mol. The molecule has 15 heteroatoms. The number of benzene rings is 1. The Morgan fingerprint density at radius 3 is 2.67 bits per heavy atom. The average Bonchev–Trinajstić information content (AvgIpc) is 3.76. The molecule has 0 saturated carbocycles. The van der Waals surface area contributed by atoms with Gasteiger partial charge < -0.3 is 25.0 Å². The predicted molar refractivity (Wildman–Crippen MR) is 170 cm³/mol. The Bertz CT molecular complexity index is 1570. The van der Waals surface area contributed by atoms with E-state index in [2.05, 4.69) is 38.9 Å². The van der Waals surface area contributed by atoms with Crippen LogP contribution in [0.4, 0.5) is 9.18 Å². The number of halogens is 2. The number of nitrogens with one attached hydrogen (secondary N) is 1. The fourth-order valence-electron chi connectivity index (χ4n) is 7.00. The molecule has 0 spiro atoms. The molecule has 46 heavy (non-hydrogen) atoms. The van der Waals surface area contributed by atoms with Crippen LogP contribution in [0.2, 0.25) is 5.02 Å². The maximum atomic E-state index is 13.9. The number of amidine groups is 1. The number of likely N-dealkylation sites (tertiary alicyclic amines) is 1. The fraction of sp³-hybridized carbons (Fsp3) is 0.516. The van der Waals surface area contributed by atoms with Crippen molar-refractivity contribution in [3.8, 4) is 0 Å². The van der Waals surface area contributed by atoms with E-state index >= 15 is 0 Å². The minimum absolute atomic E-state index is 0.0189. The van der Waals surface area contributed by atoms with Gasteiger partial charge >= 0.3 is 18.0 Å². The molecule has 12 nitrogen and oxygen atoms in total. The summed E-state index contributed by atoms with van der Waals surface area (Å²) < 4.78 is 19.0. The zero-order chi connectivity index (χ0) is 32.7. The Labute approximate surface area is 275 Å². The Balaban J connectivity index is 1.22. The second-order valence-electron chi connectivity index (χ2n) is 12.5. The zero-order valence-electron chi connectivity index (χ0n) is 25.9. The van der Waals surface area contributed by atoms with Crippen LogP contribution < -0.4 is 5.32 Å². The first-order valence-corrected chi connectivity index (χ1v) is 16.6. The van der Waals surface area contributed by atoms with Crippen LogP contribution in [-0.2, 0) is 14.3 Å². The largest absolute Gasteiger partial charge is 0.478 e. The van der Waals surface area contributed by atoms with Gasteiger partial charge in [0, 0.05) is 79.7 Å². The molecule has 0 radical (unpaired) electrons. The first-order chi connectivity index (χ1) is 22.0. The number of nitrogens with zero attached hydrogens (tertiary/aromatic N) is 6. The van der Waals surface area contributed by atoms with Gasteiger partial charge in [-0.15, -0.1) is 11.3 Å². The van der Waals surface area contributed by atoms with E-state index < -0.39 is 17.8 Å². The maximum absolute atomic E-state index is 13.9. The number of hydrogen-bond donors (Lipinski definition) is 2. The molecule has 5 heterocycles. The van der Waals surface area contributed by atoms with Crippen molar-refractivity contribution in [1.29, 1.82) is 0 Å². The van der Waals surface area contributed by atoms with Crippen LogP contribution in [0.15, 0.2) is 46.0 Å². The Morgan fingerprint density at radius 1 is 1.20 bits per heavy atom. The van der Waals surface area contributed by atoms with E-state index in [1.165, 1.54) is 30.6 Å². The van der Waals surface area contributed by atoms with E-state index in [4.69, 9.17) is 16.3 Å². The average molecular weight is 674 g/mol. The molecule has 246 valence electrons. The number of rotatable bonds is 9. The molecule has 1 aromatic carbocycles. The molecule has 0 unspecified atom stereocenters. The number of thiazole rings is 1. The number of aliphatic carboxylic acids is 1. The Morgan fingerprint density at radius 2 is 2.00 bits per heavy atom. The fourth-order valence-corrected chi connectivity index (χ4v) is 7.86. The van der Waals surface area contributed by atoms with Crippen molar-refractivity contribution < 1.29 is 28.6 Å². The highest BCUT2D eigenvalue weighted by molar-refractivity contribution is 7.11. The van der Waals surface area contributed by atoms with Gasteiger partial charge in [0.05, 0.1) is 18.7 Å². The lowest BCUT2D eigenvalue weighted by Gasteiger charge is -2.38. The highest BCUT2D eigenvalue weighted by atomic mass is 35.5. The Hall–Kier alpha value is -3.59. The molecule has 4 aliphatic rings. The normalized spacial score (nSPS) is 25.6. The van der Waals surface area contributed by atoms with Gasteiger partial charge in [0.25, 0.3) is 0 Å². The third kappa shape index (κ3) is 6.35. The van der Waals surface area contributed by atoms with Crippen LogP contribution in [0.1, 0.15) is 36.9 Å². The van der Waals surface area contributed by atoms with Gasteiger partial charge in [-0.1, -0.05) is 31.5 Å². The number of carbonyl (C=O) groups excluding carboxylic acids is 2. The summed E-state index contributed by atoms with van der Waals surface area (Å²) in [5.41, 5.74) is 0.836. The number of aromatic nitrogens is 1. The van der Waals surface area contributed by atoms with E-state index in [0.717, 1.165) is 12.6 Å². The highest BCUT2D eigenvalue weighted by Crippen LogP contribution is 2.37. The number of amides is 2. The molecule has 0 bridgehead atoms. The number of piperazine rings is 1. The van der Waals surface area contributed by atoms with Crippen molar-refractivity contribution in [1.82, 2.24) is 29.9 Å². The molecule has 1 aromatic heterocycles. The summed E-state index contributed by atoms with van der Waals surface area (Å²) in [7, 11) is 1.40. The number of carboxylic acid groups (broad SMARTS) is 1. The number of esters is 1. The number of carboxylic acids is 1. The van der Waals surface area contributed by atoms with Gasteiger partial charge in [0.2, 0.25) is 0 Å². The van der Waals surface area contributed by atoms with Crippen molar-refractivity contribution in [2.75, 3.05) is 52.9 Å². The molecule has 0 aliphatic carbocycles. The van der Waals surface area contributed by atoms with Crippen molar-refractivity contribution in [3.05, 3.63) is 62.5 Å². The van der Waals surface area contributed by atoms with Gasteiger partial charge in [-0.3, -0.25) is 19.6 Å². The topological polar surface area (TPSA) is 131 Å². The summed E-state index contributed by atoms with van der Waals surface area (Å²) >= 11 is 7.78. The first-order valence-electron chi connectivity index (χ1n) is 15.3. The SMILES string of the molecule is COC(=O)[C@H]1C[C@H](N2C[C@@H]3CN(CC4=C(C(=O)O)[C@H](c5ccc(F)cc5Cl)N=C(c5nccs5)N4)CCN3C2=O)CN1CC(C)C. The lowest BCUT2D eigenvalue weighted by Crippen LogP contribution is -2.53. The number of aliphatic imine (C=N–C) groups is 1. The second kappa shape index (κ2) is 13.3. The van der Waals surface area contributed by atoms with Crippen LogP contribution in [0, 0.1) is 11.7 Å². The maximum Gasteiger partial charge on any atom is 0.335 e. The molecular formula is C31H37ClFN7O5S. The van der Waals surface area contributed by atoms with Crippen molar-refractivity contribution in [2.24, 2.45) is 10.9 Å². The third-order valence-electron chi connectivity index (χ3n) is 8.99. The van der Waals surface area contributed by atoms with E-state index in [1.807, 2.05) is 9.80 Å². The lowest BCUT2D eigenvalue weighted by atomic mass is 9.95. The molecular weight excluding hydrogens is 637 g/mol. The van der Waals surface area contributed by atoms with Crippen LogP contribution >= 0.6 is 22.9 Å². The van der Waals surface area contributed by atoms with Crippen molar-refractivity contribution in [2.45, 2.75) is 44.4 Å². The quantitative estimate of drug-likeness (QED) is 0.386. The molecule has 4 atom stereocenters. The zero-order valence-corrected chi connectivity index (χ0v) is 27.4. The molecule has 3 saturated heterocycles. The summed E-state index contributed by atoms with van der Waals surface area (Å²) in [4.78, 5) is 56.0. The molecule has 4 aliphatic heterocycles. The van der Waals surface area contributed by atoms with Gasteiger partial charge in [-0.05, 0) is 24.5 Å². The smallest absolute Gasteiger partial charge is 0.335 e. The summed E-state index contributed by atoms with van der Waals surface area (Å²) in [6.07, 6.45) is 2.17. The molecule has 2 aromatic rings. The van der Waals surface area contributed by atoms with E-state index in [9.17, 15) is 23.9 Å². The van der Waals surface area contributed by atoms with Crippen LogP contribution in [-0.4, -0.2) is 125 Å². The van der Waals surface area contributed by atoms with E-state index in [0.29, 0.717) is 67.2 Å². The number of hydrogen-bond acceptors (Lipinski definition) is 10. The number of ether oxygens (including phenoxy) is 1. The van der Waals surface area contributed by atoms with Gasteiger partial charge in [-0.2, -0.15) is 0 Å². The summed E-state index contributed by atoms with van der Waals surface area (Å²) in [5, 5.41) is 16.1. The van der Waals surface area contributed by atoms with Crippen molar-refractivity contribution >= 4 is 46.7 Å². The van der Waals surface area contributed by atoms with E-state index in [1.54, 1.807) is 11.6 Å². The first kappa shape index (κ1) is 32.4. The minimum atomic E-state index is -1.16. The summed E-state index contributed by atoms with van der Waals surface area (Å²) in [6, 6.07) is 2.26. The second-order valence-corrected chi connectivity index (χ2v) is 13.8. The third-order valence-corrected chi connectivity index (χ3v) is 10.1. The summed E-state index contributed by atoms with van der Waals surface area (Å²) in [5.74, 6) is -1.20. The molecule has 6 rings (SSSR count). The van der Waals surface area contributed by atoms with Gasteiger partial charge in [0.15, 0.2) is 10.8 Å². The van der Waals surface area contributed by atoms with Crippen LogP contribution in [0.3, 0.4) is 0 Å². The predicted octanol–water partition coefficient (Wildman–Crippen LogP) is 3.06. The molecule has 2 N–H and O–H groups in total. The number of fused-ring (bicyclic) bond motifs is 1. The summed E-state index contributed by atoms with van der Waals surface area (Å²) in [6.45, 7) is 7.89. The highest BCUT2D eigenvalue weighted by Gasteiger charge is 2.48. The standard InChI is InChI=1S/C31H37ClFN7O5S/c1-17(2)12-38-14-19(11-24(38)30(43)45-3)40-15-20-13-37(7-8-39(20)31(40)44)16-23-25(29(41)42)26(21-5-4-18(33)10-22(21)32)36-27(35-23)28-34-6-9-46-28/h4-6,9-10,17,19-20,24,26H,7-8,11-16H2,1-3H3,(H,35,36)(H,41,42)/t19-,20-,24+,26-/m0/s1. The van der Waals surface area contributed by atoms with Crippen LogP contribution in [0.5, 0.6) is 0 Å². The van der Waals surface area contributed by atoms with Crippen molar-refractivity contribution in [3.63, 3.8) is 0 Å². The number of urea groups is 1. The molecule has 2 amide bonds. The number of methoxy groups -OCH3 is 1.